The van der Waals surface area contributed by atoms with Crippen molar-refractivity contribution in [1.82, 2.24) is 20.1 Å². The molecule has 0 bridgehead atoms. The number of benzene rings is 1. The number of aromatic nitrogens is 3. The van der Waals surface area contributed by atoms with Crippen LogP contribution in [-0.4, -0.2) is 39.1 Å². The van der Waals surface area contributed by atoms with Gasteiger partial charge in [0.15, 0.2) is 5.16 Å². The molecule has 0 unspecified atom stereocenters. The summed E-state index contributed by atoms with van der Waals surface area (Å²) in [5.74, 6) is -0.873. The zero-order valence-electron chi connectivity index (χ0n) is 12.5. The number of nitrogens with one attached hydrogen (secondary N) is 1. The lowest BCUT2D eigenvalue weighted by Gasteiger charge is -2.11. The van der Waals surface area contributed by atoms with E-state index in [-0.39, 0.29) is 5.75 Å². The fourth-order valence-electron chi connectivity index (χ4n) is 1.85. The number of alkyl halides is 3. The van der Waals surface area contributed by atoms with Crippen LogP contribution in [-0.2, 0) is 4.79 Å². The summed E-state index contributed by atoms with van der Waals surface area (Å²) in [7, 11) is 0. The highest BCUT2D eigenvalue weighted by atomic mass is 32.2. The first kappa shape index (κ1) is 17.3. The van der Waals surface area contributed by atoms with Gasteiger partial charge in [-0.1, -0.05) is 23.9 Å². The molecule has 0 aliphatic rings. The fourth-order valence-corrected chi connectivity index (χ4v) is 2.60. The molecule has 1 amide bonds. The van der Waals surface area contributed by atoms with Crippen molar-refractivity contribution in [1.29, 1.82) is 0 Å². The van der Waals surface area contributed by atoms with E-state index >= 15 is 0 Å². The molecule has 0 atom stereocenters. The van der Waals surface area contributed by atoms with Crippen LogP contribution in [0.5, 0.6) is 0 Å². The van der Waals surface area contributed by atoms with Gasteiger partial charge < -0.3 is 5.32 Å². The molecule has 0 radical (unpaired) electrons. The first-order valence-corrected chi connectivity index (χ1v) is 7.69. The monoisotopic (exact) mass is 344 g/mol. The smallest absolute Gasteiger partial charge is 0.346 e. The summed E-state index contributed by atoms with van der Waals surface area (Å²) in [6.45, 7) is 2.54. The molecule has 1 N–H and O–H groups in total. The Morgan fingerprint density at radius 1 is 1.35 bits per heavy atom. The number of carbonyl (C=O) groups is 1. The summed E-state index contributed by atoms with van der Waals surface area (Å²) in [4.78, 5) is 11.5. The van der Waals surface area contributed by atoms with Crippen molar-refractivity contribution in [3.8, 4) is 5.69 Å². The van der Waals surface area contributed by atoms with E-state index < -0.39 is 18.6 Å². The van der Waals surface area contributed by atoms with Gasteiger partial charge in [0.2, 0.25) is 5.91 Å². The van der Waals surface area contributed by atoms with E-state index in [1.54, 1.807) is 4.57 Å². The predicted octanol–water partition coefficient (Wildman–Crippen LogP) is 2.65. The molecular formula is C14H15F3N4OS. The van der Waals surface area contributed by atoms with Gasteiger partial charge in [0.1, 0.15) is 12.9 Å². The number of amides is 1. The van der Waals surface area contributed by atoms with Crippen LogP contribution in [0.3, 0.4) is 0 Å². The molecule has 0 aliphatic carbocycles. The Kier molecular flexibility index (Phi) is 5.30. The van der Waals surface area contributed by atoms with Crippen LogP contribution in [0.4, 0.5) is 13.2 Å². The largest absolute Gasteiger partial charge is 0.405 e. The molecule has 1 aromatic heterocycles. The van der Waals surface area contributed by atoms with E-state index in [0.29, 0.717) is 5.16 Å². The molecule has 2 rings (SSSR count). The van der Waals surface area contributed by atoms with Crippen LogP contribution in [0.2, 0.25) is 0 Å². The maximum atomic E-state index is 12.0. The standard InChI is InChI=1S/C14H15F3N4OS/c1-9-3-4-10(2)11(5-9)21-8-19-20-13(21)23-6-12(22)18-7-14(15,16)17/h3-5,8H,6-7H2,1-2H3,(H,18,22). The topological polar surface area (TPSA) is 59.8 Å². The highest BCUT2D eigenvalue weighted by Gasteiger charge is 2.27. The minimum Gasteiger partial charge on any atom is -0.346 e. The molecule has 124 valence electrons. The number of nitrogens with zero attached hydrogens (tertiary/aromatic N) is 3. The summed E-state index contributed by atoms with van der Waals surface area (Å²) in [6, 6.07) is 5.88. The molecule has 9 heteroatoms. The minimum absolute atomic E-state index is 0.167. The third kappa shape index (κ3) is 4.98. The van der Waals surface area contributed by atoms with Crippen LogP contribution in [0, 0.1) is 13.8 Å². The first-order chi connectivity index (χ1) is 10.8. The van der Waals surface area contributed by atoms with Gasteiger partial charge in [-0.2, -0.15) is 13.2 Å². The average Bonchev–Trinajstić information content (AvgIpc) is 2.93. The maximum Gasteiger partial charge on any atom is 0.405 e. The number of hydrogen-bond acceptors (Lipinski definition) is 4. The van der Waals surface area contributed by atoms with Gasteiger partial charge in [-0.3, -0.25) is 9.36 Å². The number of carbonyl (C=O) groups excluding carboxylic acids is 1. The van der Waals surface area contributed by atoms with Crippen LogP contribution >= 0.6 is 11.8 Å². The SMILES string of the molecule is Cc1ccc(C)c(-n2cnnc2SCC(=O)NCC(F)(F)F)c1. The van der Waals surface area contributed by atoms with Gasteiger partial charge in [-0.25, -0.2) is 0 Å². The number of thioether (sulfide) groups is 1. The van der Waals surface area contributed by atoms with Crippen molar-refractivity contribution in [3.63, 3.8) is 0 Å². The molecule has 1 aromatic carbocycles. The van der Waals surface area contributed by atoms with E-state index in [0.717, 1.165) is 28.6 Å². The second-order valence-electron chi connectivity index (χ2n) is 4.95. The van der Waals surface area contributed by atoms with Crippen molar-refractivity contribution < 1.29 is 18.0 Å². The number of aryl methyl sites for hydroxylation is 2. The zero-order chi connectivity index (χ0) is 17.0. The Morgan fingerprint density at radius 2 is 2.09 bits per heavy atom. The molecule has 23 heavy (non-hydrogen) atoms. The van der Waals surface area contributed by atoms with Gasteiger partial charge in [0, 0.05) is 0 Å². The Hall–Kier alpha value is -2.03. The molecule has 1 heterocycles. The number of halogens is 3. The van der Waals surface area contributed by atoms with Crippen molar-refractivity contribution in [3.05, 3.63) is 35.7 Å². The quantitative estimate of drug-likeness (QED) is 0.847. The van der Waals surface area contributed by atoms with Gasteiger partial charge in [-0.05, 0) is 31.0 Å². The molecule has 0 saturated carbocycles. The fraction of sp³-hybridized carbons (Fsp3) is 0.357. The lowest BCUT2D eigenvalue weighted by Crippen LogP contribution is -2.34. The van der Waals surface area contributed by atoms with Gasteiger partial charge in [0.25, 0.3) is 0 Å². The molecular weight excluding hydrogens is 329 g/mol. The van der Waals surface area contributed by atoms with E-state index in [2.05, 4.69) is 10.2 Å². The highest BCUT2D eigenvalue weighted by molar-refractivity contribution is 7.99. The number of rotatable bonds is 5. The van der Waals surface area contributed by atoms with Gasteiger partial charge >= 0.3 is 6.18 Å². The summed E-state index contributed by atoms with van der Waals surface area (Å²) in [5, 5.41) is 10.00. The van der Waals surface area contributed by atoms with Gasteiger partial charge in [0.05, 0.1) is 11.4 Å². The molecule has 0 saturated heterocycles. The van der Waals surface area contributed by atoms with E-state index in [1.165, 1.54) is 6.33 Å². The van der Waals surface area contributed by atoms with Crippen molar-refractivity contribution in [2.45, 2.75) is 25.2 Å². The van der Waals surface area contributed by atoms with Crippen LogP contribution in [0.25, 0.3) is 5.69 Å². The third-order valence-corrected chi connectivity index (χ3v) is 3.90. The minimum atomic E-state index is -4.42. The van der Waals surface area contributed by atoms with Crippen LogP contribution in [0.1, 0.15) is 11.1 Å². The molecule has 0 spiro atoms. The number of hydrogen-bond donors (Lipinski definition) is 1. The average molecular weight is 344 g/mol. The zero-order valence-corrected chi connectivity index (χ0v) is 13.3. The lowest BCUT2D eigenvalue weighted by atomic mass is 10.1. The second kappa shape index (κ2) is 7.03. The summed E-state index contributed by atoms with van der Waals surface area (Å²) >= 11 is 1.03. The maximum absolute atomic E-state index is 12.0. The van der Waals surface area contributed by atoms with Crippen molar-refractivity contribution in [2.75, 3.05) is 12.3 Å². The summed E-state index contributed by atoms with van der Waals surface area (Å²) in [6.07, 6.45) is -2.91. The second-order valence-corrected chi connectivity index (χ2v) is 5.90. The molecule has 5 nitrogen and oxygen atoms in total. The third-order valence-electron chi connectivity index (χ3n) is 2.96. The molecule has 2 aromatic rings. The first-order valence-electron chi connectivity index (χ1n) is 6.70. The summed E-state index contributed by atoms with van der Waals surface area (Å²) < 4.78 is 37.9. The molecule has 0 fully saturated rings. The van der Waals surface area contributed by atoms with Crippen molar-refractivity contribution >= 4 is 17.7 Å². The normalized spacial score (nSPS) is 11.5. The van der Waals surface area contributed by atoms with E-state index in [1.807, 2.05) is 37.4 Å². The lowest BCUT2D eigenvalue weighted by molar-refractivity contribution is -0.136. The van der Waals surface area contributed by atoms with Gasteiger partial charge in [-0.15, -0.1) is 10.2 Å². The Bertz CT molecular complexity index is 700. The van der Waals surface area contributed by atoms with Crippen LogP contribution in [0.15, 0.2) is 29.7 Å². The Balaban J connectivity index is 2.04. The molecule has 0 aliphatic heterocycles. The summed E-state index contributed by atoms with van der Waals surface area (Å²) in [5.41, 5.74) is 2.92. The Morgan fingerprint density at radius 3 is 2.78 bits per heavy atom. The van der Waals surface area contributed by atoms with E-state index in [4.69, 9.17) is 0 Å². The Labute approximate surface area is 135 Å². The van der Waals surface area contributed by atoms with E-state index in [9.17, 15) is 18.0 Å². The predicted molar refractivity (Wildman–Crippen MR) is 80.6 cm³/mol. The highest BCUT2D eigenvalue weighted by Crippen LogP contribution is 2.22. The van der Waals surface area contributed by atoms with Crippen LogP contribution < -0.4 is 5.32 Å². The van der Waals surface area contributed by atoms with Crippen molar-refractivity contribution in [2.24, 2.45) is 0 Å².